The van der Waals surface area contributed by atoms with Gasteiger partial charge in [-0.05, 0) is 38.8 Å². The molecule has 0 spiro atoms. The summed E-state index contributed by atoms with van der Waals surface area (Å²) in [6.45, 7) is 3.92. The molecule has 1 aliphatic rings. The number of ether oxygens (including phenoxy) is 1. The zero-order valence-corrected chi connectivity index (χ0v) is 12.1. The lowest BCUT2D eigenvalue weighted by atomic mass is 10.1. The predicted octanol–water partition coefficient (Wildman–Crippen LogP) is 3.38. The molecular formula is C16H22FNO2. The molecule has 1 aromatic carbocycles. The third-order valence-electron chi connectivity index (χ3n) is 3.75. The summed E-state index contributed by atoms with van der Waals surface area (Å²) in [7, 11) is 0. The molecule has 1 aromatic rings. The van der Waals surface area contributed by atoms with Crippen molar-refractivity contribution in [2.45, 2.75) is 51.6 Å². The van der Waals surface area contributed by atoms with E-state index in [0.717, 1.165) is 12.8 Å². The number of amides is 1. The zero-order chi connectivity index (χ0) is 14.5. The van der Waals surface area contributed by atoms with E-state index in [1.807, 2.05) is 18.7 Å². The Morgan fingerprint density at radius 2 is 2.00 bits per heavy atom. The van der Waals surface area contributed by atoms with E-state index in [9.17, 15) is 9.18 Å². The Morgan fingerprint density at radius 1 is 1.35 bits per heavy atom. The molecule has 0 aliphatic heterocycles. The third kappa shape index (κ3) is 3.50. The fourth-order valence-electron chi connectivity index (χ4n) is 2.87. The number of rotatable bonds is 5. The molecule has 0 radical (unpaired) electrons. The molecule has 0 heterocycles. The first-order chi connectivity index (χ1) is 9.59. The summed E-state index contributed by atoms with van der Waals surface area (Å²) >= 11 is 0. The van der Waals surface area contributed by atoms with Crippen LogP contribution in [0.15, 0.2) is 24.3 Å². The van der Waals surface area contributed by atoms with Gasteiger partial charge in [-0.3, -0.25) is 4.79 Å². The standard InChI is InChI=1S/C16H22FNO2/c1-12(2)18(13-7-3-4-8-13)16(19)11-20-15-10-6-5-9-14(15)17/h5-6,9-10,12-13H,3-4,7-8,11H2,1-2H3. The number of carbonyl (C=O) groups is 1. The quantitative estimate of drug-likeness (QED) is 0.827. The molecule has 0 saturated heterocycles. The van der Waals surface area contributed by atoms with Crippen LogP contribution in [-0.4, -0.2) is 29.5 Å². The highest BCUT2D eigenvalue weighted by Gasteiger charge is 2.28. The minimum Gasteiger partial charge on any atom is -0.481 e. The minimum atomic E-state index is -0.433. The van der Waals surface area contributed by atoms with Crippen molar-refractivity contribution in [1.82, 2.24) is 4.90 Å². The van der Waals surface area contributed by atoms with E-state index in [2.05, 4.69) is 0 Å². The van der Waals surface area contributed by atoms with Gasteiger partial charge in [0.2, 0.25) is 0 Å². The monoisotopic (exact) mass is 279 g/mol. The van der Waals surface area contributed by atoms with Crippen LogP contribution < -0.4 is 4.74 Å². The molecule has 0 unspecified atom stereocenters. The van der Waals surface area contributed by atoms with Crippen LogP contribution in [0, 0.1) is 5.82 Å². The van der Waals surface area contributed by atoms with Crippen molar-refractivity contribution in [3.63, 3.8) is 0 Å². The molecule has 4 heteroatoms. The van der Waals surface area contributed by atoms with Crippen LogP contribution in [0.5, 0.6) is 5.75 Å². The fraction of sp³-hybridized carbons (Fsp3) is 0.562. The number of carbonyl (C=O) groups excluding carboxylic acids is 1. The largest absolute Gasteiger partial charge is 0.481 e. The summed E-state index contributed by atoms with van der Waals surface area (Å²) in [6.07, 6.45) is 4.47. The van der Waals surface area contributed by atoms with Gasteiger partial charge in [0.05, 0.1) is 0 Å². The fourth-order valence-corrected chi connectivity index (χ4v) is 2.87. The van der Waals surface area contributed by atoms with Gasteiger partial charge >= 0.3 is 0 Å². The first kappa shape index (κ1) is 14.8. The zero-order valence-electron chi connectivity index (χ0n) is 12.1. The topological polar surface area (TPSA) is 29.5 Å². The summed E-state index contributed by atoms with van der Waals surface area (Å²) in [6, 6.07) is 6.62. The van der Waals surface area contributed by atoms with Crippen molar-refractivity contribution in [2.75, 3.05) is 6.61 Å². The summed E-state index contributed by atoms with van der Waals surface area (Å²) in [5.41, 5.74) is 0. The van der Waals surface area contributed by atoms with E-state index in [0.29, 0.717) is 6.04 Å². The van der Waals surface area contributed by atoms with Gasteiger partial charge in [0.25, 0.3) is 5.91 Å². The SMILES string of the molecule is CC(C)N(C(=O)COc1ccccc1F)C1CCCC1. The number of para-hydroxylation sites is 1. The van der Waals surface area contributed by atoms with Crippen molar-refractivity contribution < 1.29 is 13.9 Å². The molecule has 0 aromatic heterocycles. The van der Waals surface area contributed by atoms with Crippen LogP contribution in [-0.2, 0) is 4.79 Å². The molecule has 1 saturated carbocycles. The normalized spacial score (nSPS) is 15.6. The van der Waals surface area contributed by atoms with Gasteiger partial charge in [-0.25, -0.2) is 4.39 Å². The molecule has 1 aliphatic carbocycles. The maximum Gasteiger partial charge on any atom is 0.260 e. The number of halogens is 1. The van der Waals surface area contributed by atoms with Gasteiger partial charge < -0.3 is 9.64 Å². The van der Waals surface area contributed by atoms with E-state index in [4.69, 9.17) is 4.74 Å². The van der Waals surface area contributed by atoms with Crippen LogP contribution in [0.2, 0.25) is 0 Å². The van der Waals surface area contributed by atoms with E-state index in [1.54, 1.807) is 12.1 Å². The molecule has 2 rings (SSSR count). The lowest BCUT2D eigenvalue weighted by molar-refractivity contribution is -0.137. The first-order valence-corrected chi connectivity index (χ1v) is 7.28. The Kier molecular flexibility index (Phi) is 4.99. The van der Waals surface area contributed by atoms with Gasteiger partial charge in [-0.1, -0.05) is 25.0 Å². The molecule has 0 N–H and O–H groups in total. The van der Waals surface area contributed by atoms with Gasteiger partial charge in [-0.2, -0.15) is 0 Å². The minimum absolute atomic E-state index is 0.0600. The van der Waals surface area contributed by atoms with Crippen LogP contribution >= 0.6 is 0 Å². The highest BCUT2D eigenvalue weighted by Crippen LogP contribution is 2.25. The van der Waals surface area contributed by atoms with Gasteiger partial charge in [0.15, 0.2) is 18.2 Å². The van der Waals surface area contributed by atoms with Crippen LogP contribution in [0.3, 0.4) is 0 Å². The van der Waals surface area contributed by atoms with E-state index in [-0.39, 0.29) is 24.3 Å². The second kappa shape index (κ2) is 6.73. The van der Waals surface area contributed by atoms with Crippen molar-refractivity contribution in [3.05, 3.63) is 30.1 Å². The number of hydrogen-bond donors (Lipinski definition) is 0. The second-order valence-electron chi connectivity index (χ2n) is 5.55. The molecule has 1 amide bonds. The maximum atomic E-state index is 13.5. The Hall–Kier alpha value is -1.58. The van der Waals surface area contributed by atoms with Crippen LogP contribution in [0.25, 0.3) is 0 Å². The van der Waals surface area contributed by atoms with E-state index >= 15 is 0 Å². The van der Waals surface area contributed by atoms with Crippen LogP contribution in [0.1, 0.15) is 39.5 Å². The Balaban J connectivity index is 1.97. The summed E-state index contributed by atoms with van der Waals surface area (Å²) in [5, 5.41) is 0. The number of benzene rings is 1. The molecule has 1 fully saturated rings. The summed E-state index contributed by atoms with van der Waals surface area (Å²) in [5.74, 6) is -0.358. The van der Waals surface area contributed by atoms with Crippen molar-refractivity contribution in [2.24, 2.45) is 0 Å². The average Bonchev–Trinajstić information content (AvgIpc) is 2.91. The van der Waals surface area contributed by atoms with E-state index in [1.165, 1.54) is 25.0 Å². The summed E-state index contributed by atoms with van der Waals surface area (Å²) < 4.78 is 18.8. The Labute approximate surface area is 119 Å². The van der Waals surface area contributed by atoms with Gasteiger partial charge in [-0.15, -0.1) is 0 Å². The second-order valence-corrected chi connectivity index (χ2v) is 5.55. The smallest absolute Gasteiger partial charge is 0.260 e. The number of hydrogen-bond acceptors (Lipinski definition) is 2. The van der Waals surface area contributed by atoms with Crippen molar-refractivity contribution >= 4 is 5.91 Å². The lowest BCUT2D eigenvalue weighted by Crippen LogP contribution is -2.45. The highest BCUT2D eigenvalue weighted by molar-refractivity contribution is 5.78. The molecule has 20 heavy (non-hydrogen) atoms. The molecule has 110 valence electrons. The van der Waals surface area contributed by atoms with Crippen molar-refractivity contribution in [1.29, 1.82) is 0 Å². The average molecular weight is 279 g/mol. The maximum absolute atomic E-state index is 13.5. The Bertz CT molecular complexity index is 456. The predicted molar refractivity (Wildman–Crippen MR) is 76.1 cm³/mol. The van der Waals surface area contributed by atoms with Crippen LogP contribution in [0.4, 0.5) is 4.39 Å². The van der Waals surface area contributed by atoms with E-state index < -0.39 is 5.82 Å². The number of nitrogens with zero attached hydrogens (tertiary/aromatic N) is 1. The first-order valence-electron chi connectivity index (χ1n) is 7.28. The van der Waals surface area contributed by atoms with Crippen molar-refractivity contribution in [3.8, 4) is 5.75 Å². The Morgan fingerprint density at radius 3 is 2.60 bits per heavy atom. The summed E-state index contributed by atoms with van der Waals surface area (Å²) in [4.78, 5) is 14.2. The van der Waals surface area contributed by atoms with Gasteiger partial charge in [0.1, 0.15) is 0 Å². The lowest BCUT2D eigenvalue weighted by Gasteiger charge is -2.32. The molecule has 0 bridgehead atoms. The highest BCUT2D eigenvalue weighted by atomic mass is 19.1. The van der Waals surface area contributed by atoms with Gasteiger partial charge in [0, 0.05) is 12.1 Å². The molecular weight excluding hydrogens is 257 g/mol. The molecule has 3 nitrogen and oxygen atoms in total. The third-order valence-corrected chi connectivity index (χ3v) is 3.75. The molecule has 0 atom stereocenters.